The molecule has 3 N–H and O–H groups in total. The van der Waals surface area contributed by atoms with Crippen LogP contribution in [0.1, 0.15) is 24.8 Å². The summed E-state index contributed by atoms with van der Waals surface area (Å²) in [5, 5.41) is 14.2. The minimum atomic E-state index is -0.423. The first-order chi connectivity index (χ1) is 9.19. The van der Waals surface area contributed by atoms with Crippen molar-refractivity contribution in [1.29, 1.82) is 0 Å². The molecule has 1 saturated heterocycles. The van der Waals surface area contributed by atoms with E-state index >= 15 is 0 Å². The average molecular weight is 262 g/mol. The number of amides is 2. The Hall–Kier alpha value is -1.88. The van der Waals surface area contributed by atoms with Gasteiger partial charge in [0, 0.05) is 18.7 Å². The van der Waals surface area contributed by atoms with Crippen LogP contribution in [-0.4, -0.2) is 29.6 Å². The van der Waals surface area contributed by atoms with Crippen molar-refractivity contribution in [3.8, 4) is 0 Å². The Bertz CT molecular complexity index is 474. The molecule has 0 saturated carbocycles. The van der Waals surface area contributed by atoms with Crippen LogP contribution in [0.15, 0.2) is 24.3 Å². The zero-order valence-corrected chi connectivity index (χ0v) is 10.7. The number of hydrogen-bond acceptors (Lipinski definition) is 3. The topological polar surface area (TPSA) is 78.4 Å². The van der Waals surface area contributed by atoms with Crippen molar-refractivity contribution in [1.82, 2.24) is 5.32 Å². The molecular weight excluding hydrogens is 244 g/mol. The first kappa shape index (κ1) is 13.5. The average Bonchev–Trinajstić information content (AvgIpc) is 2.83. The Labute approximate surface area is 112 Å². The van der Waals surface area contributed by atoms with Gasteiger partial charge in [0.25, 0.3) is 0 Å². The number of anilines is 1. The molecule has 5 nitrogen and oxygen atoms in total. The van der Waals surface area contributed by atoms with E-state index in [1.54, 1.807) is 0 Å². The van der Waals surface area contributed by atoms with Crippen molar-refractivity contribution in [3.63, 3.8) is 0 Å². The number of carbonyl (C=O) groups is 2. The van der Waals surface area contributed by atoms with Crippen LogP contribution in [0.2, 0.25) is 0 Å². The predicted molar refractivity (Wildman–Crippen MR) is 71.6 cm³/mol. The summed E-state index contributed by atoms with van der Waals surface area (Å²) in [5.41, 5.74) is 1.80. The fraction of sp³-hybridized carbons (Fsp3) is 0.429. The maximum atomic E-state index is 11.9. The van der Waals surface area contributed by atoms with E-state index in [2.05, 4.69) is 10.6 Å². The highest BCUT2D eigenvalue weighted by atomic mass is 16.3. The minimum Gasteiger partial charge on any atom is -0.396 e. The third kappa shape index (κ3) is 3.79. The zero-order chi connectivity index (χ0) is 13.7. The van der Waals surface area contributed by atoms with Gasteiger partial charge >= 0.3 is 0 Å². The van der Waals surface area contributed by atoms with E-state index in [-0.39, 0.29) is 18.4 Å². The second-order valence-electron chi connectivity index (χ2n) is 4.68. The van der Waals surface area contributed by atoms with E-state index in [1.165, 1.54) is 0 Å². The van der Waals surface area contributed by atoms with Gasteiger partial charge in [-0.15, -0.1) is 0 Å². The second kappa shape index (κ2) is 6.33. The van der Waals surface area contributed by atoms with Gasteiger partial charge in [0.1, 0.15) is 6.04 Å². The summed E-state index contributed by atoms with van der Waals surface area (Å²) in [6.07, 6.45) is 2.44. The lowest BCUT2D eigenvalue weighted by Crippen LogP contribution is -2.37. The molecule has 0 aliphatic carbocycles. The highest BCUT2D eigenvalue weighted by Gasteiger charge is 2.26. The molecule has 0 bridgehead atoms. The summed E-state index contributed by atoms with van der Waals surface area (Å²) >= 11 is 0. The Kier molecular flexibility index (Phi) is 4.52. The molecule has 0 spiro atoms. The fourth-order valence-corrected chi connectivity index (χ4v) is 2.13. The predicted octanol–water partition coefficient (Wildman–Crippen LogP) is 0.829. The van der Waals surface area contributed by atoms with Crippen LogP contribution in [0.5, 0.6) is 0 Å². The molecule has 0 radical (unpaired) electrons. The Morgan fingerprint density at radius 2 is 2.32 bits per heavy atom. The van der Waals surface area contributed by atoms with E-state index in [9.17, 15) is 9.59 Å². The number of carbonyl (C=O) groups excluding carboxylic acids is 2. The Morgan fingerprint density at radius 1 is 1.47 bits per heavy atom. The van der Waals surface area contributed by atoms with Gasteiger partial charge in [0.05, 0.1) is 0 Å². The molecule has 5 heteroatoms. The van der Waals surface area contributed by atoms with Gasteiger partial charge in [0.15, 0.2) is 0 Å². The number of hydrogen-bond donors (Lipinski definition) is 3. The van der Waals surface area contributed by atoms with Crippen LogP contribution in [0, 0.1) is 0 Å². The van der Waals surface area contributed by atoms with Gasteiger partial charge in [-0.2, -0.15) is 0 Å². The molecule has 1 aliphatic rings. The van der Waals surface area contributed by atoms with Crippen LogP contribution in [0.25, 0.3) is 0 Å². The zero-order valence-electron chi connectivity index (χ0n) is 10.7. The van der Waals surface area contributed by atoms with Crippen LogP contribution < -0.4 is 10.6 Å². The molecule has 19 heavy (non-hydrogen) atoms. The lowest BCUT2D eigenvalue weighted by molar-refractivity contribution is -0.122. The largest absolute Gasteiger partial charge is 0.396 e. The van der Waals surface area contributed by atoms with Gasteiger partial charge in [-0.05, 0) is 37.0 Å². The SMILES string of the molecule is O=C1CC[C@H](C(=O)Nc2cccc(CCCO)c2)N1. The molecular formula is C14H18N2O3. The highest BCUT2D eigenvalue weighted by Crippen LogP contribution is 2.14. The molecule has 1 fully saturated rings. The van der Waals surface area contributed by atoms with Crippen LogP contribution >= 0.6 is 0 Å². The number of aliphatic hydroxyl groups excluding tert-OH is 1. The summed E-state index contributed by atoms with van der Waals surface area (Å²) in [7, 11) is 0. The van der Waals surface area contributed by atoms with Gasteiger partial charge in [-0.1, -0.05) is 12.1 Å². The van der Waals surface area contributed by atoms with Crippen molar-refractivity contribution in [2.45, 2.75) is 31.7 Å². The van der Waals surface area contributed by atoms with Crippen molar-refractivity contribution in [3.05, 3.63) is 29.8 Å². The number of benzene rings is 1. The van der Waals surface area contributed by atoms with Crippen molar-refractivity contribution in [2.24, 2.45) is 0 Å². The molecule has 0 unspecified atom stereocenters. The third-order valence-electron chi connectivity index (χ3n) is 3.13. The molecule has 1 aromatic rings. The van der Waals surface area contributed by atoms with E-state index in [0.29, 0.717) is 19.3 Å². The smallest absolute Gasteiger partial charge is 0.246 e. The molecule has 0 aromatic heterocycles. The number of aryl methyl sites for hydroxylation is 1. The standard InChI is InChI=1S/C14H18N2O3/c17-8-2-4-10-3-1-5-11(9-10)15-14(19)12-6-7-13(18)16-12/h1,3,5,9,12,17H,2,4,6-8H2,(H,15,19)(H,16,18)/t12-/m1/s1. The quantitative estimate of drug-likeness (QED) is 0.735. The first-order valence-corrected chi connectivity index (χ1v) is 6.49. The summed E-state index contributed by atoms with van der Waals surface area (Å²) in [4.78, 5) is 23.0. The highest BCUT2D eigenvalue weighted by molar-refractivity contribution is 5.98. The maximum Gasteiger partial charge on any atom is 0.246 e. The molecule has 1 aliphatic heterocycles. The Balaban J connectivity index is 1.94. The summed E-state index contributed by atoms with van der Waals surface area (Å²) in [6, 6.07) is 7.12. The Morgan fingerprint density at radius 3 is 3.00 bits per heavy atom. The molecule has 1 atom stereocenters. The lowest BCUT2D eigenvalue weighted by atomic mass is 10.1. The van der Waals surface area contributed by atoms with E-state index in [0.717, 1.165) is 17.7 Å². The molecule has 1 heterocycles. The van der Waals surface area contributed by atoms with E-state index in [1.807, 2.05) is 24.3 Å². The maximum absolute atomic E-state index is 11.9. The molecule has 1 aromatic carbocycles. The van der Waals surface area contributed by atoms with Crippen molar-refractivity contribution >= 4 is 17.5 Å². The van der Waals surface area contributed by atoms with Gasteiger partial charge in [0.2, 0.25) is 11.8 Å². The number of nitrogens with one attached hydrogen (secondary N) is 2. The van der Waals surface area contributed by atoms with E-state index < -0.39 is 6.04 Å². The van der Waals surface area contributed by atoms with Crippen LogP contribution in [0.3, 0.4) is 0 Å². The molecule has 102 valence electrons. The lowest BCUT2D eigenvalue weighted by Gasteiger charge is -2.11. The van der Waals surface area contributed by atoms with Crippen molar-refractivity contribution in [2.75, 3.05) is 11.9 Å². The number of aliphatic hydroxyl groups is 1. The van der Waals surface area contributed by atoms with Gasteiger partial charge in [-0.3, -0.25) is 9.59 Å². The third-order valence-corrected chi connectivity index (χ3v) is 3.13. The minimum absolute atomic E-state index is 0.0724. The van der Waals surface area contributed by atoms with E-state index in [4.69, 9.17) is 5.11 Å². The van der Waals surface area contributed by atoms with Crippen molar-refractivity contribution < 1.29 is 14.7 Å². The van der Waals surface area contributed by atoms with Crippen LogP contribution in [0.4, 0.5) is 5.69 Å². The second-order valence-corrected chi connectivity index (χ2v) is 4.68. The summed E-state index contributed by atoms with van der Waals surface area (Å²) < 4.78 is 0. The fourth-order valence-electron chi connectivity index (χ4n) is 2.13. The van der Waals surface area contributed by atoms with Crippen LogP contribution in [-0.2, 0) is 16.0 Å². The first-order valence-electron chi connectivity index (χ1n) is 6.49. The molecule has 2 amide bonds. The normalized spacial score (nSPS) is 18.2. The number of rotatable bonds is 5. The monoisotopic (exact) mass is 262 g/mol. The molecule has 2 rings (SSSR count). The summed E-state index contributed by atoms with van der Waals surface area (Å²) in [5.74, 6) is -0.248. The van der Waals surface area contributed by atoms with Gasteiger partial charge < -0.3 is 15.7 Å². The van der Waals surface area contributed by atoms with Gasteiger partial charge in [-0.25, -0.2) is 0 Å². The summed E-state index contributed by atoms with van der Waals surface area (Å²) in [6.45, 7) is 0.157.